The minimum atomic E-state index is -0.796. The maximum absolute atomic E-state index is 11.9. The molecule has 4 N–H and O–H groups in total. The van der Waals surface area contributed by atoms with Gasteiger partial charge >= 0.3 is 0 Å². The maximum atomic E-state index is 11.9. The van der Waals surface area contributed by atoms with Crippen molar-refractivity contribution < 1.29 is 9.90 Å². The van der Waals surface area contributed by atoms with Crippen LogP contribution in [0.1, 0.15) is 46.5 Å². The molecule has 0 aromatic carbocycles. The Morgan fingerprint density at radius 1 is 1.44 bits per heavy atom. The van der Waals surface area contributed by atoms with Crippen molar-refractivity contribution in [2.45, 2.75) is 57.6 Å². The van der Waals surface area contributed by atoms with Gasteiger partial charge in [-0.25, -0.2) is 0 Å². The topological polar surface area (TPSA) is 75.3 Å². The molecule has 1 fully saturated rings. The van der Waals surface area contributed by atoms with E-state index in [-0.39, 0.29) is 5.91 Å². The normalized spacial score (nSPS) is 20.3. The Morgan fingerprint density at radius 2 is 1.94 bits per heavy atom. The van der Waals surface area contributed by atoms with Gasteiger partial charge in [0.2, 0.25) is 5.91 Å². The molecular formula is C12H24N2O2. The number of nitrogens with two attached hydrogens (primary N) is 1. The standard InChI is InChI=1S/C12H24N2O2/c1-4-12(16,5-2)8-14-10(15)11(3,13)9-6-7-9/h9,16H,4-8,13H2,1-3H3,(H,14,15). The first-order valence-corrected chi connectivity index (χ1v) is 6.15. The van der Waals surface area contributed by atoms with E-state index in [0.717, 1.165) is 12.8 Å². The third-order valence-electron chi connectivity index (χ3n) is 3.81. The quantitative estimate of drug-likeness (QED) is 0.629. The Bertz CT molecular complexity index is 256. The minimum Gasteiger partial charge on any atom is -0.388 e. The molecule has 1 rings (SSSR count). The molecular weight excluding hydrogens is 204 g/mol. The van der Waals surface area contributed by atoms with E-state index in [1.54, 1.807) is 6.92 Å². The van der Waals surface area contributed by atoms with E-state index in [0.29, 0.717) is 25.3 Å². The number of rotatable bonds is 6. The molecule has 0 aromatic heterocycles. The number of carbonyl (C=O) groups excluding carboxylic acids is 1. The van der Waals surface area contributed by atoms with Gasteiger partial charge in [-0.2, -0.15) is 0 Å². The molecule has 0 spiro atoms. The second-order valence-corrected chi connectivity index (χ2v) is 5.17. The Balaban J connectivity index is 2.45. The molecule has 1 unspecified atom stereocenters. The van der Waals surface area contributed by atoms with Crippen molar-refractivity contribution in [2.75, 3.05) is 6.54 Å². The Morgan fingerprint density at radius 3 is 2.31 bits per heavy atom. The van der Waals surface area contributed by atoms with Crippen LogP contribution in [0.5, 0.6) is 0 Å². The average Bonchev–Trinajstić information content (AvgIpc) is 3.09. The zero-order valence-corrected chi connectivity index (χ0v) is 10.5. The molecule has 4 heteroatoms. The van der Waals surface area contributed by atoms with Gasteiger partial charge in [-0.15, -0.1) is 0 Å². The van der Waals surface area contributed by atoms with Crippen LogP contribution in [-0.4, -0.2) is 28.7 Å². The molecule has 1 aliphatic carbocycles. The van der Waals surface area contributed by atoms with Gasteiger partial charge in [-0.05, 0) is 38.5 Å². The van der Waals surface area contributed by atoms with Crippen molar-refractivity contribution in [1.82, 2.24) is 5.32 Å². The molecule has 0 saturated heterocycles. The largest absolute Gasteiger partial charge is 0.388 e. The third-order valence-corrected chi connectivity index (χ3v) is 3.81. The fraction of sp³-hybridized carbons (Fsp3) is 0.917. The van der Waals surface area contributed by atoms with Gasteiger partial charge in [-0.1, -0.05) is 13.8 Å². The highest BCUT2D eigenvalue weighted by molar-refractivity contribution is 5.86. The van der Waals surface area contributed by atoms with E-state index < -0.39 is 11.1 Å². The van der Waals surface area contributed by atoms with E-state index in [2.05, 4.69) is 5.32 Å². The summed E-state index contributed by atoms with van der Waals surface area (Å²) in [6, 6.07) is 0. The van der Waals surface area contributed by atoms with E-state index in [1.807, 2.05) is 13.8 Å². The zero-order valence-electron chi connectivity index (χ0n) is 10.5. The molecule has 0 bridgehead atoms. The molecule has 94 valence electrons. The first-order chi connectivity index (χ1) is 7.35. The lowest BCUT2D eigenvalue weighted by Crippen LogP contribution is -2.56. The summed E-state index contributed by atoms with van der Waals surface area (Å²) in [6.45, 7) is 5.89. The van der Waals surface area contributed by atoms with Crippen LogP contribution in [0.3, 0.4) is 0 Å². The third kappa shape index (κ3) is 2.95. The average molecular weight is 228 g/mol. The monoisotopic (exact) mass is 228 g/mol. The number of carbonyl (C=O) groups is 1. The molecule has 0 aromatic rings. The number of amides is 1. The predicted molar refractivity (Wildman–Crippen MR) is 63.9 cm³/mol. The smallest absolute Gasteiger partial charge is 0.240 e. The Hall–Kier alpha value is -0.610. The fourth-order valence-electron chi connectivity index (χ4n) is 1.80. The van der Waals surface area contributed by atoms with Crippen LogP contribution >= 0.6 is 0 Å². The van der Waals surface area contributed by atoms with Crippen molar-refractivity contribution in [3.63, 3.8) is 0 Å². The van der Waals surface area contributed by atoms with Gasteiger partial charge in [0.05, 0.1) is 11.1 Å². The van der Waals surface area contributed by atoms with Gasteiger partial charge in [-0.3, -0.25) is 4.79 Å². The molecule has 0 aliphatic heterocycles. The molecule has 16 heavy (non-hydrogen) atoms. The lowest BCUT2D eigenvalue weighted by Gasteiger charge is -2.29. The number of aliphatic hydroxyl groups is 1. The number of hydrogen-bond donors (Lipinski definition) is 3. The Labute approximate surface area is 97.6 Å². The van der Waals surface area contributed by atoms with E-state index in [4.69, 9.17) is 5.73 Å². The molecule has 1 amide bonds. The van der Waals surface area contributed by atoms with Crippen LogP contribution in [0.25, 0.3) is 0 Å². The second-order valence-electron chi connectivity index (χ2n) is 5.17. The minimum absolute atomic E-state index is 0.143. The second kappa shape index (κ2) is 4.72. The summed E-state index contributed by atoms with van der Waals surface area (Å²) >= 11 is 0. The summed E-state index contributed by atoms with van der Waals surface area (Å²) in [5.41, 5.74) is 4.41. The maximum Gasteiger partial charge on any atom is 0.240 e. The van der Waals surface area contributed by atoms with Crippen LogP contribution in [0, 0.1) is 5.92 Å². The van der Waals surface area contributed by atoms with Crippen molar-refractivity contribution in [3.8, 4) is 0 Å². The SMILES string of the molecule is CCC(O)(CC)CNC(=O)C(C)(N)C1CC1. The zero-order chi connectivity index (χ0) is 12.4. The first kappa shape index (κ1) is 13.5. The summed E-state index contributed by atoms with van der Waals surface area (Å²) in [4.78, 5) is 11.9. The molecule has 4 nitrogen and oxygen atoms in total. The van der Waals surface area contributed by atoms with Crippen LogP contribution in [-0.2, 0) is 4.79 Å². The van der Waals surface area contributed by atoms with E-state index in [9.17, 15) is 9.90 Å². The van der Waals surface area contributed by atoms with Crippen LogP contribution in [0.15, 0.2) is 0 Å². The van der Waals surface area contributed by atoms with Crippen molar-refractivity contribution in [2.24, 2.45) is 11.7 Å². The number of nitrogens with one attached hydrogen (secondary N) is 1. The lowest BCUT2D eigenvalue weighted by atomic mass is 9.94. The van der Waals surface area contributed by atoms with Gasteiger partial charge in [0.15, 0.2) is 0 Å². The predicted octanol–water partition coefficient (Wildman–Crippen LogP) is 0.781. The highest BCUT2D eigenvalue weighted by atomic mass is 16.3. The van der Waals surface area contributed by atoms with Gasteiger partial charge < -0.3 is 16.2 Å². The van der Waals surface area contributed by atoms with Gasteiger partial charge in [0.1, 0.15) is 0 Å². The number of hydrogen-bond acceptors (Lipinski definition) is 3. The molecule has 0 heterocycles. The van der Waals surface area contributed by atoms with Crippen LogP contribution in [0.4, 0.5) is 0 Å². The van der Waals surface area contributed by atoms with Crippen LogP contribution in [0.2, 0.25) is 0 Å². The first-order valence-electron chi connectivity index (χ1n) is 6.15. The van der Waals surface area contributed by atoms with Gasteiger partial charge in [0.25, 0.3) is 0 Å². The highest BCUT2D eigenvalue weighted by Gasteiger charge is 2.44. The van der Waals surface area contributed by atoms with Crippen molar-refractivity contribution in [3.05, 3.63) is 0 Å². The molecule has 1 saturated carbocycles. The molecule has 1 aliphatic rings. The van der Waals surface area contributed by atoms with E-state index in [1.165, 1.54) is 0 Å². The molecule has 1 atom stereocenters. The Kier molecular flexibility index (Phi) is 3.97. The summed E-state index contributed by atoms with van der Waals surface area (Å²) in [5.74, 6) is 0.166. The van der Waals surface area contributed by atoms with Crippen LogP contribution < -0.4 is 11.1 Å². The summed E-state index contributed by atoms with van der Waals surface area (Å²) in [5, 5.41) is 12.8. The molecule has 0 radical (unpaired) electrons. The summed E-state index contributed by atoms with van der Waals surface area (Å²) in [6.07, 6.45) is 3.33. The van der Waals surface area contributed by atoms with Crippen molar-refractivity contribution >= 4 is 5.91 Å². The fourth-order valence-corrected chi connectivity index (χ4v) is 1.80. The highest BCUT2D eigenvalue weighted by Crippen LogP contribution is 2.38. The summed E-state index contributed by atoms with van der Waals surface area (Å²) in [7, 11) is 0. The van der Waals surface area contributed by atoms with Crippen molar-refractivity contribution in [1.29, 1.82) is 0 Å². The lowest BCUT2D eigenvalue weighted by molar-refractivity contribution is -0.127. The summed E-state index contributed by atoms with van der Waals surface area (Å²) < 4.78 is 0. The van der Waals surface area contributed by atoms with Gasteiger partial charge in [0, 0.05) is 6.54 Å². The van der Waals surface area contributed by atoms with E-state index >= 15 is 0 Å².